The van der Waals surface area contributed by atoms with Crippen molar-refractivity contribution in [3.05, 3.63) is 49.9 Å². The van der Waals surface area contributed by atoms with E-state index in [1.54, 1.807) is 12.1 Å². The highest BCUT2D eigenvalue weighted by atomic mass is 79.9. The van der Waals surface area contributed by atoms with Gasteiger partial charge in [-0.3, -0.25) is 4.72 Å². The van der Waals surface area contributed by atoms with E-state index < -0.39 is 10.0 Å². The lowest BCUT2D eigenvalue weighted by atomic mass is 10.2. The SMILES string of the molecule is COc1c(Br)cc(Cl)cc1S(=O)(=O)Nc1ccc(C)cc1Br. The number of halogens is 3. The number of sulfonamides is 1. The number of hydrogen-bond donors (Lipinski definition) is 1. The Hall–Kier alpha value is -0.760. The molecule has 0 atom stereocenters. The van der Waals surface area contributed by atoms with Crippen LogP contribution in [0.1, 0.15) is 5.56 Å². The van der Waals surface area contributed by atoms with Crippen molar-refractivity contribution in [2.45, 2.75) is 11.8 Å². The van der Waals surface area contributed by atoms with Crippen molar-refractivity contribution in [2.24, 2.45) is 0 Å². The van der Waals surface area contributed by atoms with E-state index in [4.69, 9.17) is 16.3 Å². The number of anilines is 1. The van der Waals surface area contributed by atoms with E-state index in [1.807, 2.05) is 19.1 Å². The van der Waals surface area contributed by atoms with Crippen molar-refractivity contribution in [3.63, 3.8) is 0 Å². The van der Waals surface area contributed by atoms with E-state index in [9.17, 15) is 8.42 Å². The number of benzene rings is 2. The molecular weight excluding hydrogens is 457 g/mol. The average Bonchev–Trinajstić information content (AvgIpc) is 2.41. The summed E-state index contributed by atoms with van der Waals surface area (Å²) in [5, 5.41) is 0.288. The van der Waals surface area contributed by atoms with Gasteiger partial charge in [-0.1, -0.05) is 17.7 Å². The molecule has 2 aromatic rings. The largest absolute Gasteiger partial charge is 0.494 e. The molecule has 0 aliphatic rings. The smallest absolute Gasteiger partial charge is 0.265 e. The van der Waals surface area contributed by atoms with Crippen molar-refractivity contribution in [1.29, 1.82) is 0 Å². The predicted octanol–water partition coefficient (Wildman–Crippen LogP) is 4.98. The van der Waals surface area contributed by atoms with Crippen LogP contribution in [0.2, 0.25) is 5.02 Å². The van der Waals surface area contributed by atoms with Gasteiger partial charge in [-0.15, -0.1) is 0 Å². The number of ether oxygens (including phenoxy) is 1. The summed E-state index contributed by atoms with van der Waals surface area (Å²) in [5.41, 5.74) is 1.45. The summed E-state index contributed by atoms with van der Waals surface area (Å²) in [7, 11) is -2.46. The van der Waals surface area contributed by atoms with Crippen molar-refractivity contribution in [1.82, 2.24) is 0 Å². The standard InChI is InChI=1S/C14H12Br2ClNO3S/c1-8-3-4-12(10(15)5-8)18-22(19,20)13-7-9(17)6-11(16)14(13)21-2/h3-7,18H,1-2H3. The minimum atomic E-state index is -3.86. The molecule has 0 bridgehead atoms. The average molecular weight is 470 g/mol. The van der Waals surface area contributed by atoms with Gasteiger partial charge in [-0.2, -0.15) is 0 Å². The van der Waals surface area contributed by atoms with Gasteiger partial charge in [-0.05, 0) is 68.6 Å². The van der Waals surface area contributed by atoms with Crippen LogP contribution in [0, 0.1) is 6.92 Å². The minimum Gasteiger partial charge on any atom is -0.494 e. The topological polar surface area (TPSA) is 55.4 Å². The number of aryl methyl sites for hydroxylation is 1. The number of nitrogens with one attached hydrogen (secondary N) is 1. The maximum atomic E-state index is 12.6. The van der Waals surface area contributed by atoms with Crippen LogP contribution in [0.5, 0.6) is 5.75 Å². The van der Waals surface area contributed by atoms with Crippen LogP contribution in [0.3, 0.4) is 0 Å². The monoisotopic (exact) mass is 467 g/mol. The first-order valence-corrected chi connectivity index (χ1v) is 9.51. The zero-order valence-corrected chi connectivity index (χ0v) is 16.4. The number of hydrogen-bond acceptors (Lipinski definition) is 3. The second-order valence-corrected chi connectivity index (χ2v) is 8.30. The zero-order valence-electron chi connectivity index (χ0n) is 11.7. The lowest BCUT2D eigenvalue weighted by Gasteiger charge is -2.14. The molecule has 118 valence electrons. The molecule has 22 heavy (non-hydrogen) atoms. The molecule has 0 aromatic heterocycles. The molecule has 0 saturated heterocycles. The molecule has 0 heterocycles. The summed E-state index contributed by atoms with van der Waals surface area (Å²) in [5.74, 6) is 0.195. The third kappa shape index (κ3) is 3.76. The number of rotatable bonds is 4. The van der Waals surface area contributed by atoms with Crippen molar-refractivity contribution >= 4 is 59.2 Å². The fraction of sp³-hybridized carbons (Fsp3) is 0.143. The van der Waals surface area contributed by atoms with Gasteiger partial charge in [0.05, 0.1) is 17.3 Å². The van der Waals surface area contributed by atoms with Gasteiger partial charge in [0.1, 0.15) is 4.90 Å². The van der Waals surface area contributed by atoms with Gasteiger partial charge in [0.15, 0.2) is 5.75 Å². The van der Waals surface area contributed by atoms with Gasteiger partial charge >= 0.3 is 0 Å². The third-order valence-corrected chi connectivity index (χ3v) is 5.67. The lowest BCUT2D eigenvalue weighted by molar-refractivity contribution is 0.400. The Balaban J connectivity index is 2.51. The van der Waals surface area contributed by atoms with Crippen LogP contribution in [0.15, 0.2) is 44.2 Å². The normalized spacial score (nSPS) is 11.3. The molecular formula is C14H12Br2ClNO3S. The molecule has 4 nitrogen and oxygen atoms in total. The molecule has 8 heteroatoms. The maximum absolute atomic E-state index is 12.6. The van der Waals surface area contributed by atoms with Gasteiger partial charge in [0.2, 0.25) is 0 Å². The molecule has 2 aromatic carbocycles. The van der Waals surface area contributed by atoms with E-state index in [0.717, 1.165) is 5.56 Å². The Morgan fingerprint density at radius 2 is 1.82 bits per heavy atom. The summed E-state index contributed by atoms with van der Waals surface area (Å²) < 4.78 is 34.1. The molecule has 0 aliphatic carbocycles. The predicted molar refractivity (Wildman–Crippen MR) is 95.4 cm³/mol. The first kappa shape index (κ1) is 17.6. The summed E-state index contributed by atoms with van der Waals surface area (Å²) in [6.45, 7) is 1.92. The Bertz CT molecular complexity index is 825. The summed E-state index contributed by atoms with van der Waals surface area (Å²) in [6.07, 6.45) is 0. The van der Waals surface area contributed by atoms with Crippen LogP contribution < -0.4 is 9.46 Å². The second-order valence-electron chi connectivity index (χ2n) is 4.51. The van der Waals surface area contributed by atoms with Crippen molar-refractivity contribution < 1.29 is 13.2 Å². The highest BCUT2D eigenvalue weighted by Crippen LogP contribution is 2.36. The van der Waals surface area contributed by atoms with E-state index in [0.29, 0.717) is 14.6 Å². The Kier molecular flexibility index (Phi) is 5.42. The van der Waals surface area contributed by atoms with E-state index in [-0.39, 0.29) is 15.7 Å². The van der Waals surface area contributed by atoms with Crippen molar-refractivity contribution in [3.8, 4) is 5.75 Å². The highest BCUT2D eigenvalue weighted by Gasteiger charge is 2.23. The van der Waals surface area contributed by atoms with Gasteiger partial charge in [-0.25, -0.2) is 8.42 Å². The molecule has 0 unspecified atom stereocenters. The zero-order chi connectivity index (χ0) is 16.5. The fourth-order valence-corrected chi connectivity index (χ4v) is 5.03. The highest BCUT2D eigenvalue weighted by molar-refractivity contribution is 9.11. The molecule has 2 rings (SSSR count). The Morgan fingerprint density at radius 1 is 1.14 bits per heavy atom. The van der Waals surface area contributed by atoms with E-state index in [1.165, 1.54) is 13.2 Å². The minimum absolute atomic E-state index is 0.0400. The van der Waals surface area contributed by atoms with E-state index in [2.05, 4.69) is 36.6 Å². The van der Waals surface area contributed by atoms with Crippen LogP contribution in [0.25, 0.3) is 0 Å². The molecule has 0 fully saturated rings. The molecule has 0 radical (unpaired) electrons. The van der Waals surface area contributed by atoms with Crippen LogP contribution >= 0.6 is 43.5 Å². The molecule has 0 saturated carbocycles. The number of methoxy groups -OCH3 is 1. The first-order valence-electron chi connectivity index (χ1n) is 6.06. The van der Waals surface area contributed by atoms with Gasteiger partial charge < -0.3 is 4.74 Å². The summed E-state index contributed by atoms with van der Waals surface area (Å²) >= 11 is 12.5. The summed E-state index contributed by atoms with van der Waals surface area (Å²) in [6, 6.07) is 8.23. The Morgan fingerprint density at radius 3 is 2.41 bits per heavy atom. The van der Waals surface area contributed by atoms with Crippen LogP contribution in [-0.2, 0) is 10.0 Å². The van der Waals surface area contributed by atoms with Crippen LogP contribution in [0.4, 0.5) is 5.69 Å². The molecule has 0 aliphatic heterocycles. The second kappa shape index (κ2) is 6.78. The molecule has 0 spiro atoms. The third-order valence-electron chi connectivity index (χ3n) is 2.84. The first-order chi connectivity index (χ1) is 10.2. The molecule has 1 N–H and O–H groups in total. The van der Waals surface area contributed by atoms with Gasteiger partial charge in [0.25, 0.3) is 10.0 Å². The quantitative estimate of drug-likeness (QED) is 0.687. The van der Waals surface area contributed by atoms with Crippen LogP contribution in [-0.4, -0.2) is 15.5 Å². The molecule has 0 amide bonds. The van der Waals surface area contributed by atoms with E-state index >= 15 is 0 Å². The lowest BCUT2D eigenvalue weighted by Crippen LogP contribution is -2.14. The van der Waals surface area contributed by atoms with Crippen molar-refractivity contribution in [2.75, 3.05) is 11.8 Å². The summed E-state index contributed by atoms with van der Waals surface area (Å²) in [4.78, 5) is -0.0400. The fourth-order valence-electron chi connectivity index (χ4n) is 1.84. The Labute approximate surface area is 151 Å². The van der Waals surface area contributed by atoms with Gasteiger partial charge in [0, 0.05) is 9.50 Å². The maximum Gasteiger partial charge on any atom is 0.265 e.